The molecule has 0 aliphatic rings. The van der Waals surface area contributed by atoms with Gasteiger partial charge in [-0.3, -0.25) is 4.79 Å². The van der Waals surface area contributed by atoms with Crippen molar-refractivity contribution < 1.29 is 18.0 Å². The average molecular weight is 510 g/mol. The van der Waals surface area contributed by atoms with Crippen LogP contribution in [0, 0.1) is 0 Å². The fourth-order valence-electron chi connectivity index (χ4n) is 3.39. The van der Waals surface area contributed by atoms with E-state index in [1.165, 1.54) is 17.4 Å². The second kappa shape index (κ2) is 10.4. The highest BCUT2D eigenvalue weighted by atomic mass is 35.5. The first-order valence-corrected chi connectivity index (χ1v) is 12.0. The summed E-state index contributed by atoms with van der Waals surface area (Å²) in [7, 11) is 1.71. The monoisotopic (exact) mass is 509 g/mol. The topological polar surface area (TPSA) is 45.2 Å². The number of benzene rings is 2. The minimum absolute atomic E-state index is 0.131. The molecule has 9 heteroatoms. The second-order valence-electron chi connectivity index (χ2n) is 8.99. The number of hydrogen-bond acceptors (Lipinski definition) is 4. The van der Waals surface area contributed by atoms with Gasteiger partial charge in [-0.15, -0.1) is 11.3 Å². The van der Waals surface area contributed by atoms with Crippen LogP contribution in [0.4, 0.5) is 18.9 Å². The maximum atomic E-state index is 13.6. The maximum Gasteiger partial charge on any atom is 0.416 e. The summed E-state index contributed by atoms with van der Waals surface area (Å²) in [4.78, 5) is 19.9. The largest absolute Gasteiger partial charge is 0.416 e. The van der Waals surface area contributed by atoms with E-state index >= 15 is 0 Å². The van der Waals surface area contributed by atoms with Crippen LogP contribution in [0.1, 0.15) is 53.0 Å². The highest BCUT2D eigenvalue weighted by molar-refractivity contribution is 7.09. The Hall–Kier alpha value is -2.58. The minimum atomic E-state index is -4.42. The molecule has 0 unspecified atom stereocenters. The van der Waals surface area contributed by atoms with Crippen LogP contribution in [0.2, 0.25) is 5.02 Å². The van der Waals surface area contributed by atoms with E-state index in [0.717, 1.165) is 22.8 Å². The number of anilines is 1. The Morgan fingerprint density at radius 1 is 1.15 bits per heavy atom. The quantitative estimate of drug-likeness (QED) is 0.371. The summed E-state index contributed by atoms with van der Waals surface area (Å²) < 4.78 is 39.4. The molecule has 0 radical (unpaired) electrons. The lowest BCUT2D eigenvalue weighted by atomic mass is 9.93. The third-order valence-electron chi connectivity index (χ3n) is 5.34. The van der Waals surface area contributed by atoms with Crippen molar-refractivity contribution in [1.29, 1.82) is 0 Å². The van der Waals surface area contributed by atoms with Crippen LogP contribution in [0.25, 0.3) is 0 Å². The molecule has 0 saturated carbocycles. The number of thiazole rings is 1. The van der Waals surface area contributed by atoms with Crippen molar-refractivity contribution in [3.8, 4) is 0 Å². The van der Waals surface area contributed by atoms with Gasteiger partial charge in [-0.25, -0.2) is 4.98 Å². The van der Waals surface area contributed by atoms with Gasteiger partial charge in [-0.2, -0.15) is 13.2 Å². The number of alkyl halides is 3. The lowest BCUT2D eigenvalue weighted by molar-refractivity contribution is -0.137. The van der Waals surface area contributed by atoms with Gasteiger partial charge >= 0.3 is 6.18 Å². The molecule has 0 fully saturated rings. The number of nitrogens with one attached hydrogen (secondary N) is 1. The van der Waals surface area contributed by atoms with E-state index in [0.29, 0.717) is 21.8 Å². The number of halogens is 4. The van der Waals surface area contributed by atoms with Gasteiger partial charge in [0.15, 0.2) is 0 Å². The molecule has 1 heterocycles. The molecule has 2 aromatic carbocycles. The van der Waals surface area contributed by atoms with Crippen LogP contribution < -0.4 is 5.32 Å². The van der Waals surface area contributed by atoms with Crippen LogP contribution in [-0.4, -0.2) is 29.4 Å². The normalized spacial score (nSPS) is 12.0. The molecule has 182 valence electrons. The second-order valence-corrected chi connectivity index (χ2v) is 10.4. The average Bonchev–Trinajstić information content (AvgIpc) is 3.25. The Kier molecular flexibility index (Phi) is 7.93. The van der Waals surface area contributed by atoms with Gasteiger partial charge < -0.3 is 10.2 Å². The zero-order chi connectivity index (χ0) is 25.1. The third kappa shape index (κ3) is 6.51. The first-order valence-electron chi connectivity index (χ1n) is 10.8. The van der Waals surface area contributed by atoms with Crippen molar-refractivity contribution in [1.82, 2.24) is 9.88 Å². The summed E-state index contributed by atoms with van der Waals surface area (Å²) in [6.07, 6.45) is -4.15. The Morgan fingerprint density at radius 3 is 2.50 bits per heavy atom. The number of hydrogen-bond donors (Lipinski definition) is 1. The van der Waals surface area contributed by atoms with Gasteiger partial charge in [0.2, 0.25) is 0 Å². The lowest BCUT2D eigenvalue weighted by Crippen LogP contribution is -2.33. The SMILES string of the molecule is CNc1ccc(Cl)cc1C(=O)N(CCc1cccc(C(F)(F)F)c1)Cc1nc(C(C)(C)C)cs1. The first-order chi connectivity index (χ1) is 15.9. The zero-order valence-electron chi connectivity index (χ0n) is 19.5. The molecule has 0 bridgehead atoms. The summed E-state index contributed by atoms with van der Waals surface area (Å²) in [5.74, 6) is -0.272. The number of carbonyl (C=O) groups is 1. The molecular formula is C25H27ClF3N3OS. The van der Waals surface area contributed by atoms with E-state index in [4.69, 9.17) is 16.6 Å². The summed E-state index contributed by atoms with van der Waals surface area (Å²) in [5.41, 5.74) is 1.61. The standard InChI is InChI=1S/C25H27ClF3N3OS/c1-24(2,3)21-15-34-22(31-21)14-32(23(33)19-13-18(26)8-9-20(19)30-4)11-10-16-6-5-7-17(12-16)25(27,28)29/h5-9,12-13,15,30H,10-11,14H2,1-4H3. The van der Waals surface area contributed by atoms with E-state index < -0.39 is 11.7 Å². The van der Waals surface area contributed by atoms with Crippen molar-refractivity contribution in [3.63, 3.8) is 0 Å². The number of nitrogens with zero attached hydrogens (tertiary/aromatic N) is 2. The van der Waals surface area contributed by atoms with E-state index in [1.807, 2.05) is 5.38 Å². The van der Waals surface area contributed by atoms with Crippen molar-refractivity contribution in [2.24, 2.45) is 0 Å². The highest BCUT2D eigenvalue weighted by Crippen LogP contribution is 2.30. The Morgan fingerprint density at radius 2 is 1.88 bits per heavy atom. The molecule has 0 saturated heterocycles. The molecular weight excluding hydrogens is 483 g/mol. The molecule has 3 aromatic rings. The van der Waals surface area contributed by atoms with Crippen LogP contribution in [-0.2, 0) is 24.6 Å². The van der Waals surface area contributed by atoms with Crippen LogP contribution in [0.5, 0.6) is 0 Å². The number of rotatable bonds is 7. The highest BCUT2D eigenvalue weighted by Gasteiger charge is 2.30. The fraction of sp³-hybridized carbons (Fsp3) is 0.360. The Bertz CT molecular complexity index is 1150. The zero-order valence-corrected chi connectivity index (χ0v) is 21.0. The smallest absolute Gasteiger partial charge is 0.387 e. The molecule has 0 atom stereocenters. The molecule has 0 spiro atoms. The van der Waals surface area contributed by atoms with Crippen LogP contribution in [0.3, 0.4) is 0 Å². The Balaban J connectivity index is 1.90. The predicted octanol–water partition coefficient (Wildman–Crippen LogP) is 7.04. The first kappa shape index (κ1) is 26.0. The molecule has 34 heavy (non-hydrogen) atoms. The maximum absolute atomic E-state index is 13.6. The van der Waals surface area contributed by atoms with Crippen molar-refractivity contribution in [2.45, 2.75) is 45.3 Å². The van der Waals surface area contributed by atoms with Crippen molar-refractivity contribution in [3.05, 3.63) is 80.3 Å². The van der Waals surface area contributed by atoms with Crippen molar-refractivity contribution in [2.75, 3.05) is 18.9 Å². The lowest BCUT2D eigenvalue weighted by Gasteiger charge is -2.24. The molecule has 0 aliphatic carbocycles. The number of carbonyl (C=O) groups excluding carboxylic acids is 1. The van der Waals surface area contributed by atoms with Gasteiger partial charge in [0, 0.05) is 35.1 Å². The van der Waals surface area contributed by atoms with Gasteiger partial charge in [0.05, 0.1) is 23.4 Å². The number of aromatic nitrogens is 1. The van der Waals surface area contributed by atoms with Crippen LogP contribution >= 0.6 is 22.9 Å². The summed E-state index contributed by atoms with van der Waals surface area (Å²) in [6.45, 7) is 6.66. The van der Waals surface area contributed by atoms with E-state index in [2.05, 4.69) is 26.1 Å². The summed E-state index contributed by atoms with van der Waals surface area (Å²) in [6, 6.07) is 10.2. The van der Waals surface area contributed by atoms with E-state index in [9.17, 15) is 18.0 Å². The van der Waals surface area contributed by atoms with Gasteiger partial charge in [-0.1, -0.05) is 50.6 Å². The minimum Gasteiger partial charge on any atom is -0.387 e. The van der Waals surface area contributed by atoms with Gasteiger partial charge in [0.25, 0.3) is 5.91 Å². The summed E-state index contributed by atoms with van der Waals surface area (Å²) >= 11 is 7.62. The predicted molar refractivity (Wildman–Crippen MR) is 132 cm³/mol. The fourth-order valence-corrected chi connectivity index (χ4v) is 4.60. The van der Waals surface area contributed by atoms with Gasteiger partial charge in [-0.05, 0) is 36.2 Å². The van der Waals surface area contributed by atoms with E-state index in [1.54, 1.807) is 36.2 Å². The third-order valence-corrected chi connectivity index (χ3v) is 6.41. The molecule has 3 rings (SSSR count). The van der Waals surface area contributed by atoms with E-state index in [-0.39, 0.29) is 30.8 Å². The number of amides is 1. The summed E-state index contributed by atoms with van der Waals surface area (Å²) in [5, 5.41) is 6.16. The van der Waals surface area contributed by atoms with Crippen molar-refractivity contribution >= 4 is 34.5 Å². The molecule has 0 aliphatic heterocycles. The molecule has 1 aromatic heterocycles. The van der Waals surface area contributed by atoms with Gasteiger partial charge in [0.1, 0.15) is 5.01 Å². The molecule has 4 nitrogen and oxygen atoms in total. The van der Waals surface area contributed by atoms with Crippen LogP contribution in [0.15, 0.2) is 47.8 Å². The molecule has 1 amide bonds. The molecule has 1 N–H and O–H groups in total. The Labute approximate surface area is 206 Å².